The molecule has 3 aromatic rings. The molecule has 0 bridgehead atoms. The molecule has 4 rings (SSSR count). The van der Waals surface area contributed by atoms with Gasteiger partial charge in [0.1, 0.15) is 12.2 Å². The lowest BCUT2D eigenvalue weighted by Crippen LogP contribution is -2.44. The van der Waals surface area contributed by atoms with Gasteiger partial charge in [0.15, 0.2) is 0 Å². The van der Waals surface area contributed by atoms with Crippen LogP contribution >= 0.6 is 0 Å². The van der Waals surface area contributed by atoms with Gasteiger partial charge in [-0.2, -0.15) is 4.98 Å². The Morgan fingerprint density at radius 3 is 2.46 bits per heavy atom. The van der Waals surface area contributed by atoms with Gasteiger partial charge < -0.3 is 24.6 Å². The zero-order chi connectivity index (χ0) is 19.7. The van der Waals surface area contributed by atoms with Gasteiger partial charge in [0.25, 0.3) is 0 Å². The molecule has 0 spiro atoms. The van der Waals surface area contributed by atoms with Crippen LogP contribution in [0.3, 0.4) is 0 Å². The largest absolute Gasteiger partial charge is 0.394 e. The van der Waals surface area contributed by atoms with Crippen LogP contribution in [0, 0.1) is 6.92 Å². The average Bonchev–Trinajstić information content (AvgIpc) is 3.16. The molecule has 4 atom stereocenters. The smallest absolute Gasteiger partial charge is 0.223 e. The predicted octanol–water partition coefficient (Wildman–Crippen LogP) is 2.26. The summed E-state index contributed by atoms with van der Waals surface area (Å²) >= 11 is 0. The lowest BCUT2D eigenvalue weighted by Gasteiger charge is -2.37. The van der Waals surface area contributed by atoms with Crippen LogP contribution in [0.15, 0.2) is 53.1 Å². The van der Waals surface area contributed by atoms with Crippen molar-refractivity contribution >= 4 is 0 Å². The van der Waals surface area contributed by atoms with Crippen molar-refractivity contribution in [3.05, 3.63) is 60.0 Å². The zero-order valence-electron chi connectivity index (χ0n) is 15.4. The van der Waals surface area contributed by atoms with E-state index >= 15 is 0 Å². The number of rotatable bonds is 4. The summed E-state index contributed by atoms with van der Waals surface area (Å²) < 4.78 is 10.8. The summed E-state index contributed by atoms with van der Waals surface area (Å²) in [6.07, 6.45) is -2.95. The van der Waals surface area contributed by atoms with Crippen molar-refractivity contribution in [2.45, 2.75) is 37.8 Å². The van der Waals surface area contributed by atoms with Gasteiger partial charge in [-0.1, -0.05) is 47.6 Å². The second-order valence-electron chi connectivity index (χ2n) is 6.99. The molecule has 1 aliphatic rings. The SMILES string of the molecule is Cc1nc(-c2ccc(-c3cccc(C4OC(CO)CC(O)C4O)c3)cc2)no1. The van der Waals surface area contributed by atoms with E-state index in [-0.39, 0.29) is 13.0 Å². The Morgan fingerprint density at radius 2 is 1.79 bits per heavy atom. The maximum atomic E-state index is 10.4. The first-order chi connectivity index (χ1) is 13.5. The van der Waals surface area contributed by atoms with Crippen molar-refractivity contribution in [3.63, 3.8) is 0 Å². The van der Waals surface area contributed by atoms with Gasteiger partial charge in [-0.25, -0.2) is 0 Å². The molecule has 146 valence electrons. The molecule has 4 unspecified atom stereocenters. The molecule has 1 aliphatic heterocycles. The summed E-state index contributed by atoms with van der Waals surface area (Å²) in [7, 11) is 0. The maximum absolute atomic E-state index is 10.4. The molecule has 0 radical (unpaired) electrons. The lowest BCUT2D eigenvalue weighted by molar-refractivity contribution is -0.179. The minimum atomic E-state index is -1.04. The molecule has 2 aromatic carbocycles. The molecule has 2 heterocycles. The van der Waals surface area contributed by atoms with E-state index in [0.29, 0.717) is 11.7 Å². The standard InChI is InChI=1S/C21H22N2O5/c1-12-22-21(23-28-12)14-7-5-13(6-8-14)15-3-2-4-16(9-15)20-19(26)18(25)10-17(11-24)27-20/h2-9,17-20,24-26H,10-11H2,1H3. The Bertz CT molecular complexity index is 940. The van der Waals surface area contributed by atoms with Gasteiger partial charge in [-0.15, -0.1) is 0 Å². The minimum absolute atomic E-state index is 0.197. The van der Waals surface area contributed by atoms with Crippen molar-refractivity contribution < 1.29 is 24.6 Å². The van der Waals surface area contributed by atoms with E-state index in [1.807, 2.05) is 48.5 Å². The van der Waals surface area contributed by atoms with E-state index in [2.05, 4.69) is 10.1 Å². The van der Waals surface area contributed by atoms with Crippen LogP contribution < -0.4 is 0 Å². The van der Waals surface area contributed by atoms with Crippen LogP contribution in [0.1, 0.15) is 24.0 Å². The van der Waals surface area contributed by atoms with Gasteiger partial charge in [0, 0.05) is 18.9 Å². The zero-order valence-corrected chi connectivity index (χ0v) is 15.4. The number of aliphatic hydroxyl groups is 3. The Kier molecular flexibility index (Phi) is 5.23. The second kappa shape index (κ2) is 7.81. The molecule has 0 aliphatic carbocycles. The summed E-state index contributed by atoms with van der Waals surface area (Å²) in [6.45, 7) is 1.55. The molecule has 0 amide bonds. The maximum Gasteiger partial charge on any atom is 0.223 e. The van der Waals surface area contributed by atoms with E-state index in [4.69, 9.17) is 9.26 Å². The number of hydrogen-bond donors (Lipinski definition) is 3. The van der Waals surface area contributed by atoms with Crippen molar-refractivity contribution in [2.24, 2.45) is 0 Å². The van der Waals surface area contributed by atoms with Gasteiger partial charge in [-0.05, 0) is 22.8 Å². The third kappa shape index (κ3) is 3.70. The molecular weight excluding hydrogens is 360 g/mol. The molecule has 7 heteroatoms. The van der Waals surface area contributed by atoms with Crippen LogP contribution in [-0.4, -0.2) is 50.4 Å². The molecule has 1 saturated heterocycles. The third-order valence-electron chi connectivity index (χ3n) is 4.97. The summed E-state index contributed by atoms with van der Waals surface area (Å²) in [5.41, 5.74) is 3.54. The van der Waals surface area contributed by atoms with Crippen LogP contribution in [0.2, 0.25) is 0 Å². The third-order valence-corrected chi connectivity index (χ3v) is 4.97. The van der Waals surface area contributed by atoms with E-state index in [9.17, 15) is 15.3 Å². The van der Waals surface area contributed by atoms with E-state index in [1.165, 1.54) is 0 Å². The van der Waals surface area contributed by atoms with Crippen LogP contribution in [-0.2, 0) is 4.74 Å². The molecule has 3 N–H and O–H groups in total. The van der Waals surface area contributed by atoms with E-state index in [0.717, 1.165) is 22.3 Å². The number of benzene rings is 2. The number of aromatic nitrogens is 2. The highest BCUT2D eigenvalue weighted by molar-refractivity contribution is 5.68. The van der Waals surface area contributed by atoms with Crippen LogP contribution in [0.4, 0.5) is 0 Å². The lowest BCUT2D eigenvalue weighted by atomic mass is 9.91. The number of aryl methyl sites for hydroxylation is 1. The van der Waals surface area contributed by atoms with Gasteiger partial charge in [-0.3, -0.25) is 0 Å². The highest BCUT2D eigenvalue weighted by Crippen LogP contribution is 2.34. The van der Waals surface area contributed by atoms with E-state index < -0.39 is 24.4 Å². The number of aliphatic hydroxyl groups excluding tert-OH is 3. The summed E-state index contributed by atoms with van der Waals surface area (Å²) in [6, 6.07) is 15.4. The molecule has 0 saturated carbocycles. The van der Waals surface area contributed by atoms with Gasteiger partial charge in [0.05, 0.1) is 18.8 Å². The number of ether oxygens (including phenoxy) is 1. The highest BCUT2D eigenvalue weighted by Gasteiger charge is 2.37. The average molecular weight is 382 g/mol. The fourth-order valence-corrected chi connectivity index (χ4v) is 3.47. The first-order valence-electron chi connectivity index (χ1n) is 9.18. The normalized spacial score (nSPS) is 25.0. The molecule has 28 heavy (non-hydrogen) atoms. The summed E-state index contributed by atoms with van der Waals surface area (Å²) in [5, 5.41) is 33.7. The molecule has 1 fully saturated rings. The van der Waals surface area contributed by atoms with Crippen molar-refractivity contribution in [1.82, 2.24) is 10.1 Å². The van der Waals surface area contributed by atoms with Crippen molar-refractivity contribution in [1.29, 1.82) is 0 Å². The summed E-state index contributed by atoms with van der Waals surface area (Å²) in [5.74, 6) is 1.06. The molecule has 7 nitrogen and oxygen atoms in total. The Balaban J connectivity index is 1.60. The van der Waals surface area contributed by atoms with Crippen LogP contribution in [0.25, 0.3) is 22.5 Å². The second-order valence-corrected chi connectivity index (χ2v) is 6.99. The van der Waals surface area contributed by atoms with Crippen molar-refractivity contribution in [2.75, 3.05) is 6.61 Å². The predicted molar refractivity (Wildman–Crippen MR) is 101 cm³/mol. The monoisotopic (exact) mass is 382 g/mol. The molecule has 1 aromatic heterocycles. The minimum Gasteiger partial charge on any atom is -0.394 e. The fourth-order valence-electron chi connectivity index (χ4n) is 3.47. The van der Waals surface area contributed by atoms with Gasteiger partial charge >= 0.3 is 0 Å². The number of nitrogens with zero attached hydrogens (tertiary/aromatic N) is 2. The Labute approximate surface area is 162 Å². The highest BCUT2D eigenvalue weighted by atomic mass is 16.5. The van der Waals surface area contributed by atoms with Crippen molar-refractivity contribution in [3.8, 4) is 22.5 Å². The first-order valence-corrected chi connectivity index (χ1v) is 9.18. The quantitative estimate of drug-likeness (QED) is 0.635. The van der Waals surface area contributed by atoms with E-state index in [1.54, 1.807) is 6.92 Å². The topological polar surface area (TPSA) is 109 Å². The van der Waals surface area contributed by atoms with Crippen LogP contribution in [0.5, 0.6) is 0 Å². The number of hydrogen-bond acceptors (Lipinski definition) is 7. The van der Waals surface area contributed by atoms with Gasteiger partial charge in [0.2, 0.25) is 11.7 Å². The Morgan fingerprint density at radius 1 is 1.04 bits per heavy atom. The fraction of sp³-hybridized carbons (Fsp3) is 0.333. The molecular formula is C21H22N2O5. The summed E-state index contributed by atoms with van der Waals surface area (Å²) in [4.78, 5) is 4.22. The Hall–Kier alpha value is -2.58. The first kappa shape index (κ1) is 18.8.